The Hall–Kier alpha value is -2.18. The van der Waals surface area contributed by atoms with E-state index in [1.807, 2.05) is 90.2 Å². The van der Waals surface area contributed by atoms with Crippen molar-refractivity contribution in [3.05, 3.63) is 48.6 Å². The molecule has 0 spiro atoms. The number of allylic oxidation sites excluding steroid dienone is 7. The minimum atomic E-state index is -1.19. The van der Waals surface area contributed by atoms with Crippen molar-refractivity contribution in [2.24, 2.45) is 11.7 Å². The van der Waals surface area contributed by atoms with E-state index in [0.717, 1.165) is 25.7 Å². The van der Waals surface area contributed by atoms with E-state index < -0.39 is 42.9 Å². The van der Waals surface area contributed by atoms with Gasteiger partial charge < -0.3 is 40.0 Å². The zero-order valence-corrected chi connectivity index (χ0v) is 31.1. The molecule has 0 aliphatic carbocycles. The van der Waals surface area contributed by atoms with Crippen LogP contribution in [-0.2, 0) is 28.5 Å². The number of Topliss-reactive ketones (excluding diaryl/α,β-unsaturated/α-hetero) is 1. The van der Waals surface area contributed by atoms with Crippen LogP contribution in [0.25, 0.3) is 0 Å². The van der Waals surface area contributed by atoms with Crippen LogP contribution in [0, 0.1) is 5.92 Å². The Morgan fingerprint density at radius 3 is 2.20 bits per heavy atom. The van der Waals surface area contributed by atoms with E-state index in [1.165, 1.54) is 0 Å². The maximum atomic E-state index is 12.2. The highest BCUT2D eigenvalue weighted by atomic mass is 16.7. The number of hydrogen-bond acceptors (Lipinski definition) is 10. The molecule has 2 saturated heterocycles. The van der Waals surface area contributed by atoms with Gasteiger partial charge in [0, 0.05) is 31.6 Å². The Morgan fingerprint density at radius 1 is 0.878 bits per heavy atom. The van der Waals surface area contributed by atoms with Gasteiger partial charge in [-0.2, -0.15) is 0 Å². The zero-order chi connectivity index (χ0) is 36.8. The van der Waals surface area contributed by atoms with Gasteiger partial charge in [-0.25, -0.2) is 0 Å². The number of carbonyl (C=O) groups is 2. The smallest absolute Gasteiger partial charge is 0.306 e. The lowest BCUT2D eigenvalue weighted by Gasteiger charge is -2.43. The number of ketones is 1. The molecule has 49 heavy (non-hydrogen) atoms. The first-order valence-electron chi connectivity index (χ1n) is 18.5. The maximum Gasteiger partial charge on any atom is 0.306 e. The Kier molecular flexibility index (Phi) is 23.5. The molecule has 0 aromatic rings. The van der Waals surface area contributed by atoms with Crippen molar-refractivity contribution in [2.45, 2.75) is 180 Å². The van der Waals surface area contributed by atoms with Crippen molar-refractivity contribution in [3.8, 4) is 0 Å². The first-order valence-corrected chi connectivity index (χ1v) is 18.5. The van der Waals surface area contributed by atoms with Crippen molar-refractivity contribution < 1.29 is 43.9 Å². The third-order valence-electron chi connectivity index (χ3n) is 8.75. The number of ether oxygens (including phenoxy) is 4. The molecule has 0 aromatic carbocycles. The average molecular weight is 694 g/mol. The fourth-order valence-corrected chi connectivity index (χ4v) is 5.88. The van der Waals surface area contributed by atoms with Gasteiger partial charge in [-0.15, -0.1) is 0 Å². The van der Waals surface area contributed by atoms with Crippen LogP contribution in [0.3, 0.4) is 0 Å². The molecule has 2 rings (SSSR count). The molecule has 10 heteroatoms. The summed E-state index contributed by atoms with van der Waals surface area (Å²) in [5.41, 5.74) is 6.05. The van der Waals surface area contributed by atoms with Gasteiger partial charge in [0.1, 0.15) is 11.9 Å². The van der Waals surface area contributed by atoms with Crippen LogP contribution < -0.4 is 5.73 Å². The number of hydrogen-bond donors (Lipinski definition) is 4. The van der Waals surface area contributed by atoms with Crippen LogP contribution in [0.15, 0.2) is 48.6 Å². The number of esters is 1. The Balaban J connectivity index is 0.00000589. The van der Waals surface area contributed by atoms with Gasteiger partial charge in [-0.3, -0.25) is 9.59 Å². The minimum absolute atomic E-state index is 0.114. The molecule has 2 aliphatic rings. The summed E-state index contributed by atoms with van der Waals surface area (Å²) in [4.78, 5) is 23.9. The standard InChI is InChI=1S/C37H61NO9.C2H6/c1-6-7-8-9-10-11-12-15-21-30(47-37-36(43)34(38)35(42)27(5)45-37)24-32-26(4)31(40)23-29(46-32)20-16-13-14-18-28(39)19-17-22-33(41)44-25(2)3;1-2/h6-12,15,25-27,29-32,34-37,40,42-43H,13-14,16-24,38H2,1-5H3;1-2H3/b7-6+,9-8+,11-10+,15-12+;/t26-,27?,29?,30+,31+,32?,34?,35?,36?,37?;/m1./s1. The summed E-state index contributed by atoms with van der Waals surface area (Å²) < 4.78 is 23.7. The quantitative estimate of drug-likeness (QED) is 0.0676. The molecule has 7 unspecified atom stereocenters. The maximum absolute atomic E-state index is 12.2. The number of nitrogens with two attached hydrogens (primary N) is 1. The molecule has 0 aromatic heterocycles. The Bertz CT molecular complexity index is 1030. The molecule has 282 valence electrons. The predicted octanol–water partition coefficient (Wildman–Crippen LogP) is 6.01. The monoisotopic (exact) mass is 693 g/mol. The molecule has 2 heterocycles. The molecule has 0 saturated carbocycles. The summed E-state index contributed by atoms with van der Waals surface area (Å²) in [6, 6.07) is -0.897. The van der Waals surface area contributed by atoms with Crippen molar-refractivity contribution in [3.63, 3.8) is 0 Å². The topological polar surface area (TPSA) is 158 Å². The van der Waals surface area contributed by atoms with E-state index in [1.54, 1.807) is 6.92 Å². The van der Waals surface area contributed by atoms with Gasteiger partial charge in [-0.1, -0.05) is 82.2 Å². The van der Waals surface area contributed by atoms with Gasteiger partial charge >= 0.3 is 5.97 Å². The normalized spacial score (nSPS) is 29.9. The summed E-state index contributed by atoms with van der Waals surface area (Å²) in [7, 11) is 0. The number of rotatable bonds is 20. The third-order valence-corrected chi connectivity index (χ3v) is 8.75. The molecular weight excluding hydrogens is 626 g/mol. The second kappa shape index (κ2) is 25.7. The summed E-state index contributed by atoms with van der Waals surface area (Å²) >= 11 is 0. The van der Waals surface area contributed by atoms with Crippen molar-refractivity contribution in [1.29, 1.82) is 0 Å². The van der Waals surface area contributed by atoms with E-state index in [-0.39, 0.29) is 42.4 Å². The van der Waals surface area contributed by atoms with Crippen LogP contribution >= 0.6 is 0 Å². The Morgan fingerprint density at radius 2 is 1.53 bits per heavy atom. The van der Waals surface area contributed by atoms with Gasteiger partial charge in [-0.05, 0) is 59.8 Å². The fourth-order valence-electron chi connectivity index (χ4n) is 5.88. The number of carbonyl (C=O) groups excluding carboxylic acids is 2. The third kappa shape index (κ3) is 18.0. The van der Waals surface area contributed by atoms with Gasteiger partial charge in [0.05, 0.1) is 48.8 Å². The van der Waals surface area contributed by atoms with E-state index >= 15 is 0 Å². The first kappa shape index (κ1) is 44.8. The Labute approximate surface area is 295 Å². The summed E-state index contributed by atoms with van der Waals surface area (Å²) in [6.45, 7) is 13.3. The van der Waals surface area contributed by atoms with Gasteiger partial charge in [0.2, 0.25) is 0 Å². The molecular formula is C39H67NO9. The molecule has 5 N–H and O–H groups in total. The molecule has 2 fully saturated rings. The predicted molar refractivity (Wildman–Crippen MR) is 194 cm³/mol. The molecule has 0 amide bonds. The van der Waals surface area contributed by atoms with E-state index in [9.17, 15) is 24.9 Å². The lowest BCUT2D eigenvalue weighted by molar-refractivity contribution is -0.284. The fraction of sp³-hybridized carbons (Fsp3) is 0.744. The summed E-state index contributed by atoms with van der Waals surface area (Å²) in [5.74, 6) is -0.212. The SMILES string of the molecule is C/C=C/C=C/C=C/C=C/C[C@@H](CC1OC(CCCCCC(=O)CCCC(=O)OC(C)C)C[C@H](O)[C@H]1C)OC1OC(C)C(O)C(N)C1O.CC. The second-order valence-corrected chi connectivity index (χ2v) is 13.2. The molecule has 10 nitrogen and oxygen atoms in total. The molecule has 10 atom stereocenters. The second-order valence-electron chi connectivity index (χ2n) is 13.2. The van der Waals surface area contributed by atoms with Crippen LogP contribution in [0.4, 0.5) is 0 Å². The number of aliphatic hydroxyl groups is 3. The number of unbranched alkanes of at least 4 members (excludes halogenated alkanes) is 2. The molecule has 2 aliphatic heterocycles. The van der Waals surface area contributed by atoms with Crippen molar-refractivity contribution in [1.82, 2.24) is 0 Å². The summed E-state index contributed by atoms with van der Waals surface area (Å²) in [5, 5.41) is 31.9. The van der Waals surface area contributed by atoms with Gasteiger partial charge in [0.25, 0.3) is 0 Å². The zero-order valence-electron chi connectivity index (χ0n) is 31.1. The highest BCUT2D eigenvalue weighted by molar-refractivity contribution is 5.79. The van der Waals surface area contributed by atoms with Gasteiger partial charge in [0.15, 0.2) is 6.29 Å². The van der Waals surface area contributed by atoms with Crippen molar-refractivity contribution >= 4 is 11.8 Å². The van der Waals surface area contributed by atoms with E-state index in [2.05, 4.69) is 0 Å². The summed E-state index contributed by atoms with van der Waals surface area (Å²) in [6.07, 6.45) is 16.8. The number of aliphatic hydroxyl groups excluding tert-OH is 3. The van der Waals surface area contributed by atoms with E-state index in [0.29, 0.717) is 38.5 Å². The minimum Gasteiger partial charge on any atom is -0.463 e. The first-order chi connectivity index (χ1) is 23.4. The lowest BCUT2D eigenvalue weighted by atomic mass is 9.85. The highest BCUT2D eigenvalue weighted by Gasteiger charge is 2.43. The molecule has 0 radical (unpaired) electrons. The van der Waals surface area contributed by atoms with Crippen LogP contribution in [0.5, 0.6) is 0 Å². The average Bonchev–Trinajstić information content (AvgIpc) is 3.06. The van der Waals surface area contributed by atoms with Crippen LogP contribution in [0.1, 0.15) is 119 Å². The van der Waals surface area contributed by atoms with Crippen LogP contribution in [-0.4, -0.2) is 88.2 Å². The van der Waals surface area contributed by atoms with Crippen molar-refractivity contribution in [2.75, 3.05) is 0 Å². The lowest BCUT2D eigenvalue weighted by Crippen LogP contribution is -2.61. The van der Waals surface area contributed by atoms with E-state index in [4.69, 9.17) is 24.7 Å². The van der Waals surface area contributed by atoms with Crippen LogP contribution in [0.2, 0.25) is 0 Å². The molecule has 0 bridgehead atoms. The largest absolute Gasteiger partial charge is 0.463 e. The highest BCUT2D eigenvalue weighted by Crippen LogP contribution is 2.33.